The normalized spacial score (nSPS) is 13.7. The molecule has 6 heteroatoms. The molecule has 0 heterocycles. The summed E-state index contributed by atoms with van der Waals surface area (Å²) in [6.07, 6.45) is -4.80. The number of benzene rings is 1. The SMILES string of the molecule is N[C@@H](CF)c1ccccc1OC(F)(F)F. The molecule has 0 aliphatic heterocycles. The van der Waals surface area contributed by atoms with Gasteiger partial charge in [0.25, 0.3) is 0 Å². The number of halogens is 4. The molecule has 0 amide bonds. The first-order chi connectivity index (χ1) is 6.94. The molecule has 0 aliphatic rings. The van der Waals surface area contributed by atoms with Crippen molar-refractivity contribution in [2.45, 2.75) is 12.4 Å². The summed E-state index contributed by atoms with van der Waals surface area (Å²) in [6.45, 7) is -0.946. The number of hydrogen-bond acceptors (Lipinski definition) is 2. The number of rotatable bonds is 3. The van der Waals surface area contributed by atoms with Crippen LogP contribution in [0.15, 0.2) is 24.3 Å². The number of nitrogens with two attached hydrogens (primary N) is 1. The van der Waals surface area contributed by atoms with Gasteiger partial charge in [0.2, 0.25) is 0 Å². The first kappa shape index (κ1) is 11.8. The summed E-state index contributed by atoms with van der Waals surface area (Å²) in [6, 6.07) is 4.11. The third-order valence-electron chi connectivity index (χ3n) is 1.71. The van der Waals surface area contributed by atoms with Crippen LogP contribution in [0.5, 0.6) is 5.75 Å². The van der Waals surface area contributed by atoms with Crippen LogP contribution in [0.4, 0.5) is 17.6 Å². The summed E-state index contributed by atoms with van der Waals surface area (Å²) in [5, 5.41) is 0. The molecule has 1 rings (SSSR count). The molecule has 0 radical (unpaired) electrons. The largest absolute Gasteiger partial charge is 0.573 e. The molecule has 2 nitrogen and oxygen atoms in total. The van der Waals surface area contributed by atoms with E-state index >= 15 is 0 Å². The van der Waals surface area contributed by atoms with Crippen molar-refractivity contribution in [2.24, 2.45) is 5.73 Å². The van der Waals surface area contributed by atoms with Crippen molar-refractivity contribution in [1.29, 1.82) is 0 Å². The second-order valence-electron chi connectivity index (χ2n) is 2.85. The number of ether oxygens (including phenoxy) is 1. The number of hydrogen-bond donors (Lipinski definition) is 1. The van der Waals surface area contributed by atoms with Gasteiger partial charge in [-0.2, -0.15) is 0 Å². The Bertz CT molecular complexity index is 326. The molecule has 0 saturated heterocycles. The lowest BCUT2D eigenvalue weighted by Gasteiger charge is -2.15. The van der Waals surface area contributed by atoms with Gasteiger partial charge in [-0.3, -0.25) is 0 Å². The molecule has 2 N–H and O–H groups in total. The lowest BCUT2D eigenvalue weighted by molar-refractivity contribution is -0.275. The maximum atomic E-state index is 12.2. The minimum atomic E-state index is -4.80. The Morgan fingerprint density at radius 2 is 1.87 bits per heavy atom. The Balaban J connectivity index is 2.96. The van der Waals surface area contributed by atoms with Crippen molar-refractivity contribution < 1.29 is 22.3 Å². The summed E-state index contributed by atoms with van der Waals surface area (Å²) in [7, 11) is 0. The van der Waals surface area contributed by atoms with Gasteiger partial charge in [0.1, 0.15) is 12.4 Å². The molecule has 15 heavy (non-hydrogen) atoms. The summed E-state index contributed by atoms with van der Waals surface area (Å²) >= 11 is 0. The van der Waals surface area contributed by atoms with Crippen LogP contribution in [0.2, 0.25) is 0 Å². The van der Waals surface area contributed by atoms with E-state index in [1.807, 2.05) is 0 Å². The third-order valence-corrected chi connectivity index (χ3v) is 1.71. The second kappa shape index (κ2) is 4.48. The molecule has 0 aliphatic carbocycles. The van der Waals surface area contributed by atoms with Crippen LogP contribution in [-0.2, 0) is 0 Å². The summed E-state index contributed by atoms with van der Waals surface area (Å²) < 4.78 is 51.7. The molecular formula is C9H9F4NO. The Morgan fingerprint density at radius 3 is 2.40 bits per heavy atom. The van der Waals surface area contributed by atoms with E-state index in [2.05, 4.69) is 4.74 Å². The number of alkyl halides is 4. The van der Waals surface area contributed by atoms with Crippen molar-refractivity contribution in [2.75, 3.05) is 6.67 Å². The smallest absolute Gasteiger partial charge is 0.405 e. The van der Waals surface area contributed by atoms with E-state index in [0.717, 1.165) is 6.07 Å². The minimum Gasteiger partial charge on any atom is -0.405 e. The zero-order valence-corrected chi connectivity index (χ0v) is 7.59. The molecular weight excluding hydrogens is 214 g/mol. The average Bonchev–Trinajstić information content (AvgIpc) is 2.15. The second-order valence-corrected chi connectivity index (χ2v) is 2.85. The Kier molecular flexibility index (Phi) is 3.52. The molecule has 0 spiro atoms. The predicted octanol–water partition coefficient (Wildman–Crippen LogP) is 2.55. The van der Waals surface area contributed by atoms with Gasteiger partial charge in [0, 0.05) is 5.56 Å². The fraction of sp³-hybridized carbons (Fsp3) is 0.333. The van der Waals surface area contributed by atoms with Crippen molar-refractivity contribution in [3.63, 3.8) is 0 Å². The molecule has 0 aromatic heterocycles. The molecule has 0 unspecified atom stereocenters. The van der Waals surface area contributed by atoms with Crippen LogP contribution in [-0.4, -0.2) is 13.0 Å². The highest BCUT2D eigenvalue weighted by Gasteiger charge is 2.32. The minimum absolute atomic E-state index is 0.00248. The topological polar surface area (TPSA) is 35.2 Å². The van der Waals surface area contributed by atoms with E-state index in [0.29, 0.717) is 0 Å². The molecule has 1 aromatic rings. The highest BCUT2D eigenvalue weighted by molar-refractivity contribution is 5.35. The highest BCUT2D eigenvalue weighted by Crippen LogP contribution is 2.29. The van der Waals surface area contributed by atoms with E-state index in [4.69, 9.17) is 5.73 Å². The quantitative estimate of drug-likeness (QED) is 0.799. The van der Waals surface area contributed by atoms with Gasteiger partial charge in [0.05, 0.1) is 6.04 Å². The van der Waals surface area contributed by atoms with E-state index < -0.39 is 24.8 Å². The van der Waals surface area contributed by atoms with Gasteiger partial charge in [0.15, 0.2) is 0 Å². The molecule has 1 atom stereocenters. The fourth-order valence-electron chi connectivity index (χ4n) is 1.09. The fourth-order valence-corrected chi connectivity index (χ4v) is 1.09. The van der Waals surface area contributed by atoms with Gasteiger partial charge >= 0.3 is 6.36 Å². The first-order valence-electron chi connectivity index (χ1n) is 4.10. The molecule has 0 bridgehead atoms. The van der Waals surface area contributed by atoms with Gasteiger partial charge in [-0.05, 0) is 6.07 Å². The van der Waals surface area contributed by atoms with E-state index in [9.17, 15) is 17.6 Å². The Hall–Kier alpha value is -1.30. The van der Waals surface area contributed by atoms with Crippen molar-refractivity contribution >= 4 is 0 Å². The van der Waals surface area contributed by atoms with Gasteiger partial charge in [-0.1, -0.05) is 18.2 Å². The van der Waals surface area contributed by atoms with Crippen LogP contribution in [0.25, 0.3) is 0 Å². The lowest BCUT2D eigenvalue weighted by Crippen LogP contribution is -2.20. The van der Waals surface area contributed by atoms with Crippen LogP contribution < -0.4 is 10.5 Å². The molecule has 84 valence electrons. The average molecular weight is 223 g/mol. The molecule has 0 saturated carbocycles. The predicted molar refractivity (Wildman–Crippen MR) is 46.0 cm³/mol. The van der Waals surface area contributed by atoms with Crippen LogP contribution in [0, 0.1) is 0 Å². The zero-order valence-electron chi connectivity index (χ0n) is 7.59. The van der Waals surface area contributed by atoms with Crippen LogP contribution in [0.1, 0.15) is 11.6 Å². The molecule has 1 aromatic carbocycles. The Labute approximate surface area is 83.6 Å². The summed E-state index contributed by atoms with van der Waals surface area (Å²) in [5.41, 5.74) is 5.29. The highest BCUT2D eigenvalue weighted by atomic mass is 19.4. The maximum Gasteiger partial charge on any atom is 0.573 e. The Morgan fingerprint density at radius 1 is 1.27 bits per heavy atom. The van der Waals surface area contributed by atoms with Gasteiger partial charge in [-0.25, -0.2) is 4.39 Å². The zero-order chi connectivity index (χ0) is 11.5. The van der Waals surface area contributed by atoms with Crippen molar-refractivity contribution in [3.8, 4) is 5.75 Å². The van der Waals surface area contributed by atoms with E-state index in [1.54, 1.807) is 0 Å². The maximum absolute atomic E-state index is 12.2. The third kappa shape index (κ3) is 3.39. The first-order valence-corrected chi connectivity index (χ1v) is 4.10. The summed E-state index contributed by atoms with van der Waals surface area (Å²) in [4.78, 5) is 0. The van der Waals surface area contributed by atoms with Crippen LogP contribution in [0.3, 0.4) is 0 Å². The van der Waals surface area contributed by atoms with Crippen LogP contribution >= 0.6 is 0 Å². The number of para-hydroxylation sites is 1. The van der Waals surface area contributed by atoms with E-state index in [-0.39, 0.29) is 5.56 Å². The lowest BCUT2D eigenvalue weighted by atomic mass is 10.1. The summed E-state index contributed by atoms with van der Waals surface area (Å²) in [5.74, 6) is -0.463. The van der Waals surface area contributed by atoms with Gasteiger partial charge in [-0.15, -0.1) is 13.2 Å². The monoisotopic (exact) mass is 223 g/mol. The van der Waals surface area contributed by atoms with Crippen molar-refractivity contribution in [1.82, 2.24) is 0 Å². The van der Waals surface area contributed by atoms with Crippen molar-refractivity contribution in [3.05, 3.63) is 29.8 Å². The van der Waals surface area contributed by atoms with Gasteiger partial charge < -0.3 is 10.5 Å². The van der Waals surface area contributed by atoms with E-state index in [1.165, 1.54) is 18.2 Å². The standard InChI is InChI=1S/C9H9F4NO/c10-5-7(14)6-3-1-2-4-8(6)15-9(11,12)13/h1-4,7H,5,14H2/t7-/m0/s1. The molecule has 0 fully saturated rings.